The lowest BCUT2D eigenvalue weighted by atomic mass is 10.0. The summed E-state index contributed by atoms with van der Waals surface area (Å²) in [6.45, 7) is 5.11. The first-order chi connectivity index (χ1) is 9.22. The lowest BCUT2D eigenvalue weighted by Gasteiger charge is -2.24. The van der Waals surface area contributed by atoms with Crippen LogP contribution in [0.3, 0.4) is 0 Å². The van der Waals surface area contributed by atoms with Crippen LogP contribution in [0.2, 0.25) is 5.02 Å². The zero-order chi connectivity index (χ0) is 14.1. The van der Waals surface area contributed by atoms with Gasteiger partial charge in [-0.25, -0.2) is 0 Å². The van der Waals surface area contributed by atoms with Crippen molar-refractivity contribution < 1.29 is 5.11 Å². The molecule has 0 aliphatic rings. The molecule has 0 saturated heterocycles. The number of benzene rings is 1. The molecule has 0 bridgehead atoms. The molecule has 0 saturated carbocycles. The van der Waals surface area contributed by atoms with Gasteiger partial charge in [0.1, 0.15) is 0 Å². The van der Waals surface area contributed by atoms with Gasteiger partial charge in [-0.15, -0.1) is 0 Å². The number of rotatable bonds is 9. The molecule has 3 nitrogen and oxygen atoms in total. The van der Waals surface area contributed by atoms with Gasteiger partial charge in [0.05, 0.1) is 6.61 Å². The lowest BCUT2D eigenvalue weighted by Crippen LogP contribution is -2.31. The first-order valence-electron chi connectivity index (χ1n) is 6.97. The van der Waals surface area contributed by atoms with Gasteiger partial charge in [0, 0.05) is 24.2 Å². The molecule has 0 heterocycles. The summed E-state index contributed by atoms with van der Waals surface area (Å²) in [7, 11) is 1.96. The van der Waals surface area contributed by atoms with Crippen LogP contribution in [0.25, 0.3) is 0 Å². The fourth-order valence-corrected chi connectivity index (χ4v) is 2.59. The minimum Gasteiger partial charge on any atom is -0.395 e. The van der Waals surface area contributed by atoms with Crippen LogP contribution in [0.4, 0.5) is 0 Å². The Morgan fingerprint density at radius 2 is 2.00 bits per heavy atom. The van der Waals surface area contributed by atoms with Crippen LogP contribution < -0.4 is 5.32 Å². The molecule has 0 radical (unpaired) electrons. The smallest absolute Gasteiger partial charge is 0.0558 e. The van der Waals surface area contributed by atoms with E-state index in [1.165, 1.54) is 0 Å². The summed E-state index contributed by atoms with van der Waals surface area (Å²) in [6, 6.07) is 8.22. The zero-order valence-electron chi connectivity index (χ0n) is 11.9. The van der Waals surface area contributed by atoms with Gasteiger partial charge in [-0.2, -0.15) is 0 Å². The van der Waals surface area contributed by atoms with E-state index in [1.807, 2.05) is 25.2 Å². The molecule has 1 rings (SSSR count). The standard InChI is InChI=1S/C15H25ClN2O/c1-3-9-18(11-12-19)10-8-15(17-2)13-6-4-5-7-14(13)16/h4-7,15,17,19H,3,8-12H2,1-2H3. The Kier molecular flexibility index (Phi) is 8.07. The molecule has 1 aromatic carbocycles. The zero-order valence-corrected chi connectivity index (χ0v) is 12.7. The van der Waals surface area contributed by atoms with Crippen LogP contribution in [0.1, 0.15) is 31.4 Å². The van der Waals surface area contributed by atoms with Crippen molar-refractivity contribution in [3.8, 4) is 0 Å². The van der Waals surface area contributed by atoms with Gasteiger partial charge >= 0.3 is 0 Å². The fraction of sp³-hybridized carbons (Fsp3) is 0.600. The lowest BCUT2D eigenvalue weighted by molar-refractivity contribution is 0.190. The first-order valence-corrected chi connectivity index (χ1v) is 7.35. The summed E-state index contributed by atoms with van der Waals surface area (Å²) in [5.41, 5.74) is 1.15. The molecule has 0 aliphatic carbocycles. The first kappa shape index (κ1) is 16.4. The predicted octanol–water partition coefficient (Wildman–Crippen LogP) is 2.69. The molecule has 19 heavy (non-hydrogen) atoms. The van der Waals surface area contributed by atoms with Crippen molar-refractivity contribution in [2.24, 2.45) is 0 Å². The van der Waals surface area contributed by atoms with Crippen molar-refractivity contribution in [2.75, 3.05) is 33.3 Å². The minimum atomic E-state index is 0.219. The van der Waals surface area contributed by atoms with Gasteiger partial charge in [-0.05, 0) is 38.1 Å². The summed E-state index contributed by atoms with van der Waals surface area (Å²) in [4.78, 5) is 2.29. The molecular formula is C15H25ClN2O. The van der Waals surface area contributed by atoms with E-state index in [1.54, 1.807) is 0 Å². The van der Waals surface area contributed by atoms with E-state index < -0.39 is 0 Å². The van der Waals surface area contributed by atoms with Crippen molar-refractivity contribution in [1.29, 1.82) is 0 Å². The third-order valence-electron chi connectivity index (χ3n) is 3.32. The van der Waals surface area contributed by atoms with E-state index in [0.717, 1.165) is 43.1 Å². The number of aliphatic hydroxyl groups excluding tert-OH is 1. The summed E-state index contributed by atoms with van der Waals surface area (Å²) in [6.07, 6.45) is 2.09. The van der Waals surface area contributed by atoms with Gasteiger partial charge in [-0.3, -0.25) is 0 Å². The van der Waals surface area contributed by atoms with Crippen molar-refractivity contribution in [3.63, 3.8) is 0 Å². The van der Waals surface area contributed by atoms with E-state index >= 15 is 0 Å². The molecule has 1 aromatic rings. The predicted molar refractivity (Wildman–Crippen MR) is 81.7 cm³/mol. The number of hydrogen-bond acceptors (Lipinski definition) is 3. The van der Waals surface area contributed by atoms with Gasteiger partial charge in [-0.1, -0.05) is 36.7 Å². The average molecular weight is 285 g/mol. The Labute approximate surface area is 121 Å². The van der Waals surface area contributed by atoms with Crippen LogP contribution in [0.5, 0.6) is 0 Å². The van der Waals surface area contributed by atoms with Crippen LogP contribution in [-0.2, 0) is 0 Å². The highest BCUT2D eigenvalue weighted by Crippen LogP contribution is 2.24. The van der Waals surface area contributed by atoms with Crippen molar-refractivity contribution in [3.05, 3.63) is 34.9 Å². The van der Waals surface area contributed by atoms with Crippen LogP contribution >= 0.6 is 11.6 Å². The van der Waals surface area contributed by atoms with Crippen molar-refractivity contribution >= 4 is 11.6 Å². The van der Waals surface area contributed by atoms with Crippen LogP contribution in [0, 0.1) is 0 Å². The highest BCUT2D eigenvalue weighted by atomic mass is 35.5. The van der Waals surface area contributed by atoms with E-state index in [0.29, 0.717) is 0 Å². The highest BCUT2D eigenvalue weighted by molar-refractivity contribution is 6.31. The minimum absolute atomic E-state index is 0.219. The molecule has 0 spiro atoms. The normalized spacial score (nSPS) is 12.9. The van der Waals surface area contributed by atoms with Gasteiger partial charge < -0.3 is 15.3 Å². The molecular weight excluding hydrogens is 260 g/mol. The number of nitrogens with zero attached hydrogens (tertiary/aromatic N) is 1. The third kappa shape index (κ3) is 5.49. The van der Waals surface area contributed by atoms with E-state index in [9.17, 15) is 0 Å². The Bertz CT molecular complexity index is 354. The van der Waals surface area contributed by atoms with E-state index in [2.05, 4.69) is 23.2 Å². The molecule has 0 fully saturated rings. The van der Waals surface area contributed by atoms with E-state index in [4.69, 9.17) is 16.7 Å². The fourth-order valence-electron chi connectivity index (χ4n) is 2.32. The largest absolute Gasteiger partial charge is 0.395 e. The Hall–Kier alpha value is -0.610. The molecule has 1 atom stereocenters. The Morgan fingerprint density at radius 3 is 2.58 bits per heavy atom. The number of nitrogens with one attached hydrogen (secondary N) is 1. The van der Waals surface area contributed by atoms with Crippen LogP contribution in [-0.4, -0.2) is 43.3 Å². The maximum atomic E-state index is 9.07. The summed E-state index contributed by atoms with van der Waals surface area (Å²) < 4.78 is 0. The van der Waals surface area contributed by atoms with Crippen LogP contribution in [0.15, 0.2) is 24.3 Å². The Morgan fingerprint density at radius 1 is 1.26 bits per heavy atom. The molecule has 0 amide bonds. The van der Waals surface area contributed by atoms with Gasteiger partial charge in [0.2, 0.25) is 0 Å². The number of hydrogen-bond donors (Lipinski definition) is 2. The second-order valence-corrected chi connectivity index (χ2v) is 5.12. The third-order valence-corrected chi connectivity index (χ3v) is 3.66. The van der Waals surface area contributed by atoms with Gasteiger partial charge in [0.15, 0.2) is 0 Å². The average Bonchev–Trinajstić information content (AvgIpc) is 2.41. The summed E-state index contributed by atoms with van der Waals surface area (Å²) in [5, 5.41) is 13.2. The molecule has 2 N–H and O–H groups in total. The molecule has 1 unspecified atom stereocenters. The number of aliphatic hydroxyl groups is 1. The SMILES string of the molecule is CCCN(CCO)CCC(NC)c1ccccc1Cl. The van der Waals surface area contributed by atoms with Gasteiger partial charge in [0.25, 0.3) is 0 Å². The van der Waals surface area contributed by atoms with Crippen molar-refractivity contribution in [1.82, 2.24) is 10.2 Å². The molecule has 0 aliphatic heterocycles. The molecule has 0 aromatic heterocycles. The molecule has 4 heteroatoms. The second-order valence-electron chi connectivity index (χ2n) is 4.72. The maximum absolute atomic E-state index is 9.07. The summed E-state index contributed by atoms with van der Waals surface area (Å²) in [5.74, 6) is 0. The quantitative estimate of drug-likeness (QED) is 0.732. The summed E-state index contributed by atoms with van der Waals surface area (Å²) >= 11 is 6.24. The second kappa shape index (κ2) is 9.32. The number of halogens is 1. The van der Waals surface area contributed by atoms with E-state index in [-0.39, 0.29) is 12.6 Å². The molecule has 108 valence electrons. The highest BCUT2D eigenvalue weighted by Gasteiger charge is 2.14. The topological polar surface area (TPSA) is 35.5 Å². The van der Waals surface area contributed by atoms with Crippen molar-refractivity contribution in [2.45, 2.75) is 25.8 Å². The monoisotopic (exact) mass is 284 g/mol. The maximum Gasteiger partial charge on any atom is 0.0558 e. The Balaban J connectivity index is 2.59.